The largest absolute Gasteiger partial charge is 0.494 e. The van der Waals surface area contributed by atoms with Crippen LogP contribution in [0.2, 0.25) is 0 Å². The van der Waals surface area contributed by atoms with E-state index in [1.807, 2.05) is 31.2 Å². The zero-order valence-corrected chi connectivity index (χ0v) is 17.2. The summed E-state index contributed by atoms with van der Waals surface area (Å²) < 4.78 is 2.04. The summed E-state index contributed by atoms with van der Waals surface area (Å²) in [5, 5.41) is 16.2. The highest BCUT2D eigenvalue weighted by molar-refractivity contribution is 9.10. The number of benzene rings is 1. The number of unbranched alkanes of at least 4 members (excludes halogenated alkanes) is 1. The van der Waals surface area contributed by atoms with Gasteiger partial charge in [0.05, 0.1) is 11.8 Å². The quantitative estimate of drug-likeness (QED) is 0.732. The van der Waals surface area contributed by atoms with Crippen LogP contribution in [-0.4, -0.2) is 31.3 Å². The van der Waals surface area contributed by atoms with Gasteiger partial charge in [-0.2, -0.15) is 5.10 Å². The van der Waals surface area contributed by atoms with Gasteiger partial charge < -0.3 is 5.11 Å². The van der Waals surface area contributed by atoms with E-state index in [0.717, 1.165) is 21.0 Å². The third-order valence-electron chi connectivity index (χ3n) is 4.68. The molecule has 2 aromatic rings. The van der Waals surface area contributed by atoms with Crippen LogP contribution in [0.5, 0.6) is 5.88 Å². The number of rotatable bonds is 5. The predicted octanol–water partition coefficient (Wildman–Crippen LogP) is 2.50. The van der Waals surface area contributed by atoms with Gasteiger partial charge in [-0.1, -0.05) is 41.4 Å². The van der Waals surface area contributed by atoms with Gasteiger partial charge in [0.15, 0.2) is 0 Å². The maximum absolute atomic E-state index is 12.4. The first-order valence-electron chi connectivity index (χ1n) is 9.02. The van der Waals surface area contributed by atoms with Gasteiger partial charge in [0.1, 0.15) is 5.56 Å². The third kappa shape index (κ3) is 3.80. The van der Waals surface area contributed by atoms with Crippen molar-refractivity contribution in [2.75, 3.05) is 0 Å². The molecule has 9 heteroatoms. The molecule has 0 spiro atoms. The van der Waals surface area contributed by atoms with Gasteiger partial charge in [-0.05, 0) is 24.1 Å². The second kappa shape index (κ2) is 8.14. The number of halogens is 1. The Morgan fingerprint density at radius 2 is 2.00 bits per heavy atom. The lowest BCUT2D eigenvalue weighted by Crippen LogP contribution is -2.33. The van der Waals surface area contributed by atoms with Crippen molar-refractivity contribution in [2.45, 2.75) is 45.7 Å². The smallest absolute Gasteiger partial charge is 0.331 e. The number of nitrogens with zero attached hydrogens (tertiary/aromatic N) is 3. The fraction of sp³-hybridized carbons (Fsp3) is 0.368. The van der Waals surface area contributed by atoms with Crippen molar-refractivity contribution in [2.24, 2.45) is 5.10 Å². The Morgan fingerprint density at radius 3 is 2.61 bits per heavy atom. The monoisotopic (exact) mass is 448 g/mol. The maximum atomic E-state index is 12.4. The minimum Gasteiger partial charge on any atom is -0.494 e. The molecule has 8 nitrogen and oxygen atoms in total. The fourth-order valence-electron chi connectivity index (χ4n) is 3.24. The molecule has 1 atom stereocenters. The molecule has 1 aliphatic rings. The minimum atomic E-state index is -0.714. The fourth-order valence-corrected chi connectivity index (χ4v) is 3.50. The van der Waals surface area contributed by atoms with E-state index < -0.39 is 23.2 Å². The Morgan fingerprint density at radius 1 is 1.32 bits per heavy atom. The van der Waals surface area contributed by atoms with Crippen molar-refractivity contribution < 1.29 is 9.90 Å². The molecular formula is C19H21BrN4O4. The van der Waals surface area contributed by atoms with Crippen LogP contribution in [0.15, 0.2) is 43.4 Å². The highest BCUT2D eigenvalue weighted by atomic mass is 79.9. The zero-order chi connectivity index (χ0) is 20.4. The van der Waals surface area contributed by atoms with E-state index in [2.05, 4.69) is 26.0 Å². The summed E-state index contributed by atoms with van der Waals surface area (Å²) in [6.45, 7) is 3.64. The van der Waals surface area contributed by atoms with Crippen molar-refractivity contribution in [3.8, 4) is 5.88 Å². The van der Waals surface area contributed by atoms with Gasteiger partial charge in [-0.3, -0.25) is 19.1 Å². The third-order valence-corrected chi connectivity index (χ3v) is 5.21. The average molecular weight is 449 g/mol. The lowest BCUT2D eigenvalue weighted by molar-refractivity contribution is -0.130. The number of carbonyl (C=O) groups excluding carboxylic acids is 1. The van der Waals surface area contributed by atoms with E-state index in [4.69, 9.17) is 0 Å². The summed E-state index contributed by atoms with van der Waals surface area (Å²) in [5.41, 5.74) is -0.318. The first-order valence-corrected chi connectivity index (χ1v) is 9.82. The first kappa shape index (κ1) is 20.1. The zero-order valence-electron chi connectivity index (χ0n) is 15.6. The maximum Gasteiger partial charge on any atom is 0.331 e. The summed E-state index contributed by atoms with van der Waals surface area (Å²) in [7, 11) is 0. The Balaban J connectivity index is 2.05. The lowest BCUT2D eigenvalue weighted by Gasteiger charge is -2.20. The van der Waals surface area contributed by atoms with Crippen molar-refractivity contribution in [3.63, 3.8) is 0 Å². The number of hydrazone groups is 1. The van der Waals surface area contributed by atoms with E-state index in [9.17, 15) is 19.5 Å². The van der Waals surface area contributed by atoms with Gasteiger partial charge in [-0.25, -0.2) is 9.80 Å². The second-order valence-electron chi connectivity index (χ2n) is 6.64. The molecule has 0 saturated heterocycles. The summed E-state index contributed by atoms with van der Waals surface area (Å²) in [6.07, 6.45) is 1.75. The van der Waals surface area contributed by atoms with Crippen molar-refractivity contribution >= 4 is 27.5 Å². The molecule has 0 fully saturated rings. The molecule has 0 bridgehead atoms. The summed E-state index contributed by atoms with van der Waals surface area (Å²) >= 11 is 3.38. The molecule has 148 valence electrons. The van der Waals surface area contributed by atoms with Gasteiger partial charge >= 0.3 is 5.69 Å². The number of aromatic nitrogens is 2. The molecule has 1 aromatic carbocycles. The van der Waals surface area contributed by atoms with Crippen molar-refractivity contribution in [3.05, 3.63) is 60.7 Å². The van der Waals surface area contributed by atoms with Crippen LogP contribution in [0.4, 0.5) is 0 Å². The van der Waals surface area contributed by atoms with E-state index in [0.29, 0.717) is 6.42 Å². The Hall–Kier alpha value is -2.68. The van der Waals surface area contributed by atoms with Crippen LogP contribution in [0.3, 0.4) is 0 Å². The van der Waals surface area contributed by atoms with Gasteiger partial charge in [0.2, 0.25) is 11.8 Å². The minimum absolute atomic E-state index is 0.0680. The highest BCUT2D eigenvalue weighted by Crippen LogP contribution is 2.34. The lowest BCUT2D eigenvalue weighted by atomic mass is 9.99. The van der Waals surface area contributed by atoms with Crippen LogP contribution in [0.1, 0.15) is 50.3 Å². The number of amides is 1. The summed E-state index contributed by atoms with van der Waals surface area (Å²) in [5.74, 6) is -0.695. The SMILES string of the molecule is CCCCn1c(O)c(C2=NN(C(C)=O)C(c3ccc(Br)cc3)C2)c(=O)[nH]c1=O. The molecule has 2 N–H and O–H groups in total. The molecule has 3 rings (SSSR count). The number of nitrogens with one attached hydrogen (secondary N) is 1. The standard InChI is InChI=1S/C19H21BrN4O4/c1-3-4-9-23-18(27)16(17(26)21-19(23)28)14-10-15(24(22-14)11(2)25)12-5-7-13(20)8-6-12/h5-8,15,27H,3-4,9-10H2,1-2H3,(H,21,26,28). The van der Waals surface area contributed by atoms with E-state index in [1.54, 1.807) is 0 Å². The highest BCUT2D eigenvalue weighted by Gasteiger charge is 2.34. The molecule has 28 heavy (non-hydrogen) atoms. The Labute approximate surface area is 169 Å². The summed E-state index contributed by atoms with van der Waals surface area (Å²) in [4.78, 5) is 38.8. The number of aromatic hydroxyl groups is 1. The topological polar surface area (TPSA) is 108 Å². The van der Waals surface area contributed by atoms with E-state index in [1.165, 1.54) is 11.9 Å². The van der Waals surface area contributed by atoms with E-state index >= 15 is 0 Å². The van der Waals surface area contributed by atoms with Gasteiger partial charge in [0, 0.05) is 24.4 Å². The van der Waals surface area contributed by atoms with Gasteiger partial charge in [-0.15, -0.1) is 0 Å². The molecule has 1 unspecified atom stereocenters. The number of H-pyrrole nitrogens is 1. The van der Waals surface area contributed by atoms with Crippen LogP contribution in [0, 0.1) is 0 Å². The Bertz CT molecular complexity index is 1040. The molecule has 1 aromatic heterocycles. The molecule has 0 saturated carbocycles. The van der Waals surface area contributed by atoms with Crippen molar-refractivity contribution in [1.29, 1.82) is 0 Å². The number of hydrogen-bond acceptors (Lipinski definition) is 5. The van der Waals surface area contributed by atoms with Crippen LogP contribution in [-0.2, 0) is 11.3 Å². The second-order valence-corrected chi connectivity index (χ2v) is 7.56. The molecule has 1 amide bonds. The van der Waals surface area contributed by atoms with Crippen LogP contribution in [0.25, 0.3) is 0 Å². The Kier molecular flexibility index (Phi) is 5.83. The number of carbonyl (C=O) groups is 1. The van der Waals surface area contributed by atoms with Crippen LogP contribution < -0.4 is 11.2 Å². The van der Waals surface area contributed by atoms with Crippen LogP contribution >= 0.6 is 15.9 Å². The molecule has 1 aliphatic heterocycles. The molecule has 0 aliphatic carbocycles. The van der Waals surface area contributed by atoms with E-state index in [-0.39, 0.29) is 30.1 Å². The summed E-state index contributed by atoms with van der Waals surface area (Å²) in [6, 6.07) is 7.07. The molecular weight excluding hydrogens is 428 g/mol. The predicted molar refractivity (Wildman–Crippen MR) is 108 cm³/mol. The molecule has 0 radical (unpaired) electrons. The normalized spacial score (nSPS) is 16.3. The number of hydrogen-bond donors (Lipinski definition) is 2. The number of aromatic amines is 1. The van der Waals surface area contributed by atoms with Crippen molar-refractivity contribution in [1.82, 2.24) is 14.6 Å². The average Bonchev–Trinajstić information content (AvgIpc) is 3.07. The molecule has 2 heterocycles. The first-order chi connectivity index (χ1) is 13.3. The van der Waals surface area contributed by atoms with Gasteiger partial charge in [0.25, 0.3) is 5.56 Å².